The molecule has 0 amide bonds. The average molecular weight is 124 g/mol. The fourth-order valence-electron chi connectivity index (χ4n) is 0.975. The minimum atomic E-state index is 0.627. The molecule has 2 heterocycles. The van der Waals surface area contributed by atoms with Crippen molar-refractivity contribution in [2.75, 3.05) is 13.3 Å². The van der Waals surface area contributed by atoms with Crippen molar-refractivity contribution in [3.63, 3.8) is 0 Å². The van der Waals surface area contributed by atoms with E-state index in [4.69, 9.17) is 4.74 Å². The molecule has 0 fully saturated rings. The Morgan fingerprint density at radius 2 is 2.67 bits per heavy atom. The summed E-state index contributed by atoms with van der Waals surface area (Å²) in [6.45, 7) is 1.55. The number of ether oxygens (including phenoxy) is 1. The summed E-state index contributed by atoms with van der Waals surface area (Å²) in [5.74, 6) is 0. The van der Waals surface area contributed by atoms with E-state index in [1.165, 1.54) is 5.70 Å². The van der Waals surface area contributed by atoms with Gasteiger partial charge in [-0.25, -0.2) is 5.43 Å². The Hall–Kier alpha value is -0.960. The molecule has 0 aromatic carbocycles. The van der Waals surface area contributed by atoms with Crippen LogP contribution in [-0.2, 0) is 4.74 Å². The van der Waals surface area contributed by atoms with Gasteiger partial charge in [0.1, 0.15) is 0 Å². The Morgan fingerprint density at radius 1 is 1.67 bits per heavy atom. The molecule has 0 aromatic rings. The Balaban J connectivity index is 2.24. The maximum absolute atomic E-state index is 5.03. The second kappa shape index (κ2) is 1.77. The second-order valence-corrected chi connectivity index (χ2v) is 2.02. The van der Waals surface area contributed by atoms with Gasteiger partial charge in [-0.1, -0.05) is 0 Å². The van der Waals surface area contributed by atoms with E-state index < -0.39 is 0 Å². The Morgan fingerprint density at radius 3 is 3.56 bits per heavy atom. The lowest BCUT2D eigenvalue weighted by atomic mass is 10.4. The molecule has 48 valence electrons. The van der Waals surface area contributed by atoms with Crippen molar-refractivity contribution in [1.82, 2.24) is 10.4 Å². The van der Waals surface area contributed by atoms with Gasteiger partial charge in [0.2, 0.25) is 0 Å². The largest absolute Gasteiger partial charge is 0.479 e. The summed E-state index contributed by atoms with van der Waals surface area (Å²) < 4.78 is 5.03. The SMILES string of the molecule is C1=CC2=CCNN2CO1. The Kier molecular flexibility index (Phi) is 0.960. The molecule has 0 aliphatic carbocycles. The van der Waals surface area contributed by atoms with Gasteiger partial charge in [-0.05, 0) is 12.2 Å². The predicted molar refractivity (Wildman–Crippen MR) is 33.0 cm³/mol. The number of nitrogens with zero attached hydrogens (tertiary/aromatic N) is 1. The van der Waals surface area contributed by atoms with Gasteiger partial charge in [-0.15, -0.1) is 0 Å². The molecule has 0 saturated carbocycles. The number of rotatable bonds is 0. The van der Waals surface area contributed by atoms with E-state index in [1.807, 2.05) is 11.1 Å². The van der Waals surface area contributed by atoms with Gasteiger partial charge < -0.3 is 4.74 Å². The monoisotopic (exact) mass is 124 g/mol. The molecule has 2 rings (SSSR count). The summed E-state index contributed by atoms with van der Waals surface area (Å²) in [5, 5.41) is 1.97. The summed E-state index contributed by atoms with van der Waals surface area (Å²) in [5.41, 5.74) is 4.33. The molecule has 0 spiro atoms. The molecule has 2 aliphatic heterocycles. The topological polar surface area (TPSA) is 24.5 Å². The van der Waals surface area contributed by atoms with Gasteiger partial charge in [-0.2, -0.15) is 0 Å². The molecule has 2 aliphatic rings. The van der Waals surface area contributed by atoms with Crippen LogP contribution < -0.4 is 5.43 Å². The molecule has 0 atom stereocenters. The number of hydrogen-bond donors (Lipinski definition) is 1. The van der Waals surface area contributed by atoms with Gasteiger partial charge in [0.15, 0.2) is 6.73 Å². The first-order chi connectivity index (χ1) is 4.47. The lowest BCUT2D eigenvalue weighted by Gasteiger charge is -2.22. The van der Waals surface area contributed by atoms with Crippen molar-refractivity contribution in [3.05, 3.63) is 24.1 Å². The summed E-state index contributed by atoms with van der Waals surface area (Å²) in [4.78, 5) is 0. The summed E-state index contributed by atoms with van der Waals surface area (Å²) in [7, 11) is 0. The maximum Gasteiger partial charge on any atom is 0.174 e. The second-order valence-electron chi connectivity index (χ2n) is 2.02. The number of hydrazine groups is 1. The molecule has 3 heteroatoms. The highest BCUT2D eigenvalue weighted by Gasteiger charge is 2.13. The number of fused-ring (bicyclic) bond motifs is 1. The minimum Gasteiger partial charge on any atom is -0.479 e. The van der Waals surface area contributed by atoms with Crippen LogP contribution in [0.15, 0.2) is 24.1 Å². The minimum absolute atomic E-state index is 0.627. The van der Waals surface area contributed by atoms with Crippen LogP contribution >= 0.6 is 0 Å². The summed E-state index contributed by atoms with van der Waals surface area (Å²) in [6.07, 6.45) is 5.79. The lowest BCUT2D eigenvalue weighted by molar-refractivity contribution is 0.0824. The molecular weight excluding hydrogens is 116 g/mol. The van der Waals surface area contributed by atoms with Crippen LogP contribution in [0, 0.1) is 0 Å². The van der Waals surface area contributed by atoms with E-state index in [2.05, 4.69) is 11.5 Å². The first-order valence-electron chi connectivity index (χ1n) is 2.96. The summed E-state index contributed by atoms with van der Waals surface area (Å²) >= 11 is 0. The Labute approximate surface area is 53.6 Å². The van der Waals surface area contributed by atoms with E-state index in [9.17, 15) is 0 Å². The number of nitrogens with one attached hydrogen (secondary N) is 1. The van der Waals surface area contributed by atoms with Crippen LogP contribution in [0.1, 0.15) is 0 Å². The molecule has 0 aromatic heterocycles. The smallest absolute Gasteiger partial charge is 0.174 e. The van der Waals surface area contributed by atoms with Crippen LogP contribution in [0.25, 0.3) is 0 Å². The van der Waals surface area contributed by atoms with Crippen LogP contribution in [0.4, 0.5) is 0 Å². The third kappa shape index (κ3) is 0.695. The predicted octanol–water partition coefficient (Wildman–Crippen LogP) is 0.192. The van der Waals surface area contributed by atoms with Crippen molar-refractivity contribution < 1.29 is 4.74 Å². The maximum atomic E-state index is 5.03. The standard InChI is InChI=1S/C6H8N2O/c1-3-7-8-5-9-4-2-6(1)8/h1-2,4,7H,3,5H2. The zero-order valence-corrected chi connectivity index (χ0v) is 5.00. The third-order valence-electron chi connectivity index (χ3n) is 1.44. The summed E-state index contributed by atoms with van der Waals surface area (Å²) in [6, 6.07) is 0. The average Bonchev–Trinajstić information content (AvgIpc) is 2.33. The highest BCUT2D eigenvalue weighted by atomic mass is 16.5. The van der Waals surface area contributed by atoms with Crippen LogP contribution in [0.5, 0.6) is 0 Å². The molecular formula is C6H8N2O. The van der Waals surface area contributed by atoms with Gasteiger partial charge in [0.25, 0.3) is 0 Å². The quantitative estimate of drug-likeness (QED) is 0.499. The molecule has 0 saturated heterocycles. The van der Waals surface area contributed by atoms with Crippen molar-refractivity contribution in [2.24, 2.45) is 0 Å². The normalized spacial score (nSPS) is 23.1. The van der Waals surface area contributed by atoms with Gasteiger partial charge in [-0.3, -0.25) is 5.01 Å². The van der Waals surface area contributed by atoms with E-state index >= 15 is 0 Å². The van der Waals surface area contributed by atoms with E-state index in [1.54, 1.807) is 6.26 Å². The van der Waals surface area contributed by atoms with Crippen LogP contribution in [-0.4, -0.2) is 18.3 Å². The highest BCUT2D eigenvalue weighted by molar-refractivity contribution is 5.20. The molecule has 1 N–H and O–H groups in total. The number of allylic oxidation sites excluding steroid dienone is 1. The van der Waals surface area contributed by atoms with Gasteiger partial charge in [0.05, 0.1) is 12.0 Å². The highest BCUT2D eigenvalue weighted by Crippen LogP contribution is 2.11. The van der Waals surface area contributed by atoms with Crippen LogP contribution in [0.2, 0.25) is 0 Å². The molecule has 3 nitrogen and oxygen atoms in total. The molecule has 0 unspecified atom stereocenters. The van der Waals surface area contributed by atoms with E-state index in [0.717, 1.165) is 6.54 Å². The zero-order valence-electron chi connectivity index (χ0n) is 5.00. The van der Waals surface area contributed by atoms with E-state index in [-0.39, 0.29) is 0 Å². The fraction of sp³-hybridized carbons (Fsp3) is 0.333. The fourth-order valence-corrected chi connectivity index (χ4v) is 0.975. The van der Waals surface area contributed by atoms with Crippen molar-refractivity contribution >= 4 is 0 Å². The molecule has 9 heavy (non-hydrogen) atoms. The Bertz CT molecular complexity index is 174. The third-order valence-corrected chi connectivity index (χ3v) is 1.44. The van der Waals surface area contributed by atoms with Crippen molar-refractivity contribution in [3.8, 4) is 0 Å². The molecule has 0 radical (unpaired) electrons. The lowest BCUT2D eigenvalue weighted by Crippen LogP contribution is -2.34. The van der Waals surface area contributed by atoms with Crippen molar-refractivity contribution in [1.29, 1.82) is 0 Å². The van der Waals surface area contributed by atoms with Crippen molar-refractivity contribution in [2.45, 2.75) is 0 Å². The van der Waals surface area contributed by atoms with E-state index in [0.29, 0.717) is 6.73 Å². The first-order valence-corrected chi connectivity index (χ1v) is 2.96. The van der Waals surface area contributed by atoms with Crippen LogP contribution in [0.3, 0.4) is 0 Å². The zero-order chi connectivity index (χ0) is 6.10. The van der Waals surface area contributed by atoms with Gasteiger partial charge in [0, 0.05) is 6.54 Å². The first kappa shape index (κ1) is 4.88. The number of hydrogen-bond acceptors (Lipinski definition) is 3. The molecule has 0 bridgehead atoms. The van der Waals surface area contributed by atoms with Gasteiger partial charge >= 0.3 is 0 Å².